The minimum absolute atomic E-state index is 0.0300. The summed E-state index contributed by atoms with van der Waals surface area (Å²) in [4.78, 5) is 14.1. The maximum atomic E-state index is 12.3. The molecule has 0 aliphatic carbocycles. The van der Waals surface area contributed by atoms with Crippen LogP contribution in [-0.4, -0.2) is 53.0 Å². The fourth-order valence-corrected chi connectivity index (χ4v) is 2.37. The van der Waals surface area contributed by atoms with E-state index in [1.807, 2.05) is 36.5 Å². The molecule has 0 spiro atoms. The molecule has 1 aromatic heterocycles. The van der Waals surface area contributed by atoms with Crippen molar-refractivity contribution >= 4 is 5.91 Å². The molecule has 0 radical (unpaired) electrons. The molecule has 1 amide bonds. The van der Waals surface area contributed by atoms with E-state index in [0.29, 0.717) is 32.2 Å². The SMILES string of the molecule is CC(Oc1ccn(-c2ccccc2)n1)C(=O)N1CCOCC1. The van der Waals surface area contributed by atoms with Crippen molar-refractivity contribution in [2.24, 2.45) is 0 Å². The Bertz CT molecular complexity index is 621. The van der Waals surface area contributed by atoms with Crippen LogP contribution in [0.5, 0.6) is 5.88 Å². The first-order valence-electron chi connectivity index (χ1n) is 7.38. The molecule has 1 aromatic carbocycles. The average molecular weight is 301 g/mol. The number of hydrogen-bond acceptors (Lipinski definition) is 4. The van der Waals surface area contributed by atoms with Crippen LogP contribution in [-0.2, 0) is 9.53 Å². The van der Waals surface area contributed by atoms with E-state index in [0.717, 1.165) is 5.69 Å². The van der Waals surface area contributed by atoms with Crippen molar-refractivity contribution in [3.05, 3.63) is 42.6 Å². The summed E-state index contributed by atoms with van der Waals surface area (Å²) in [6.07, 6.45) is 1.26. The summed E-state index contributed by atoms with van der Waals surface area (Å²) in [6, 6.07) is 11.5. The highest BCUT2D eigenvalue weighted by atomic mass is 16.5. The van der Waals surface area contributed by atoms with Crippen LogP contribution in [0.4, 0.5) is 0 Å². The minimum Gasteiger partial charge on any atom is -0.463 e. The van der Waals surface area contributed by atoms with Gasteiger partial charge < -0.3 is 14.4 Å². The van der Waals surface area contributed by atoms with Gasteiger partial charge in [-0.1, -0.05) is 18.2 Å². The number of carbonyl (C=O) groups excluding carboxylic acids is 1. The van der Waals surface area contributed by atoms with Crippen LogP contribution in [0.1, 0.15) is 6.92 Å². The Morgan fingerprint density at radius 2 is 1.95 bits per heavy atom. The predicted molar refractivity (Wildman–Crippen MR) is 81.1 cm³/mol. The molecule has 1 aliphatic heterocycles. The molecule has 116 valence electrons. The minimum atomic E-state index is -0.558. The molecule has 1 atom stereocenters. The zero-order valence-electron chi connectivity index (χ0n) is 12.5. The fraction of sp³-hybridized carbons (Fsp3) is 0.375. The standard InChI is InChI=1S/C16H19N3O3/c1-13(16(20)18-9-11-21-12-10-18)22-15-7-8-19(17-15)14-5-3-2-4-6-14/h2-8,13H,9-12H2,1H3. The molecule has 1 aliphatic rings. The van der Waals surface area contributed by atoms with Gasteiger partial charge in [-0.3, -0.25) is 4.79 Å². The van der Waals surface area contributed by atoms with Gasteiger partial charge in [0.15, 0.2) is 6.10 Å². The van der Waals surface area contributed by atoms with Crippen molar-refractivity contribution in [1.29, 1.82) is 0 Å². The highest BCUT2D eigenvalue weighted by Crippen LogP contribution is 2.14. The van der Waals surface area contributed by atoms with Crippen LogP contribution in [0.2, 0.25) is 0 Å². The molecule has 22 heavy (non-hydrogen) atoms. The third kappa shape index (κ3) is 3.28. The first-order valence-corrected chi connectivity index (χ1v) is 7.38. The predicted octanol–water partition coefficient (Wildman–Crippen LogP) is 1.50. The van der Waals surface area contributed by atoms with Crippen LogP contribution in [0.25, 0.3) is 5.69 Å². The quantitative estimate of drug-likeness (QED) is 0.859. The summed E-state index contributed by atoms with van der Waals surface area (Å²) >= 11 is 0. The van der Waals surface area contributed by atoms with E-state index in [1.165, 1.54) is 0 Å². The molecule has 6 heteroatoms. The highest BCUT2D eigenvalue weighted by molar-refractivity contribution is 5.80. The fourth-order valence-electron chi connectivity index (χ4n) is 2.37. The van der Waals surface area contributed by atoms with Crippen molar-refractivity contribution in [2.45, 2.75) is 13.0 Å². The van der Waals surface area contributed by atoms with Crippen molar-refractivity contribution in [3.63, 3.8) is 0 Å². The molecule has 6 nitrogen and oxygen atoms in total. The number of nitrogens with zero attached hydrogens (tertiary/aromatic N) is 3. The van der Waals surface area contributed by atoms with E-state index < -0.39 is 6.10 Å². The van der Waals surface area contributed by atoms with Crippen molar-refractivity contribution in [2.75, 3.05) is 26.3 Å². The maximum Gasteiger partial charge on any atom is 0.263 e. The molecular weight excluding hydrogens is 282 g/mol. The first-order chi connectivity index (χ1) is 10.7. The van der Waals surface area contributed by atoms with Crippen LogP contribution in [0, 0.1) is 0 Å². The Labute approximate surface area is 129 Å². The summed E-state index contributed by atoms with van der Waals surface area (Å²) in [6.45, 7) is 4.15. The van der Waals surface area contributed by atoms with E-state index >= 15 is 0 Å². The summed E-state index contributed by atoms with van der Waals surface area (Å²) in [5.74, 6) is 0.413. The van der Waals surface area contributed by atoms with Gasteiger partial charge in [0.1, 0.15) is 0 Å². The number of carbonyl (C=O) groups is 1. The number of para-hydroxylation sites is 1. The van der Waals surface area contributed by atoms with Gasteiger partial charge in [0.05, 0.1) is 18.9 Å². The lowest BCUT2D eigenvalue weighted by molar-refractivity contribution is -0.142. The highest BCUT2D eigenvalue weighted by Gasteiger charge is 2.24. The van der Waals surface area contributed by atoms with Gasteiger partial charge >= 0.3 is 0 Å². The van der Waals surface area contributed by atoms with E-state index in [-0.39, 0.29) is 5.91 Å². The monoisotopic (exact) mass is 301 g/mol. The molecule has 0 N–H and O–H groups in total. The molecule has 1 unspecified atom stereocenters. The molecule has 1 fully saturated rings. The summed E-state index contributed by atoms with van der Waals surface area (Å²) in [7, 11) is 0. The lowest BCUT2D eigenvalue weighted by Crippen LogP contribution is -2.46. The number of aromatic nitrogens is 2. The number of ether oxygens (including phenoxy) is 2. The number of amides is 1. The van der Waals surface area contributed by atoms with Crippen LogP contribution in [0.15, 0.2) is 42.6 Å². The molecule has 0 saturated carbocycles. The molecular formula is C16H19N3O3. The topological polar surface area (TPSA) is 56.6 Å². The summed E-state index contributed by atoms with van der Waals surface area (Å²) < 4.78 is 12.6. The van der Waals surface area contributed by atoms with Crippen LogP contribution in [0.3, 0.4) is 0 Å². The zero-order valence-corrected chi connectivity index (χ0v) is 12.5. The van der Waals surface area contributed by atoms with Gasteiger partial charge in [-0.25, -0.2) is 4.68 Å². The normalized spacial score (nSPS) is 16.3. The Hall–Kier alpha value is -2.34. The number of hydrogen-bond donors (Lipinski definition) is 0. The van der Waals surface area contributed by atoms with Crippen molar-refractivity contribution < 1.29 is 14.3 Å². The molecule has 3 rings (SSSR count). The maximum absolute atomic E-state index is 12.3. The van der Waals surface area contributed by atoms with Crippen molar-refractivity contribution in [3.8, 4) is 11.6 Å². The summed E-state index contributed by atoms with van der Waals surface area (Å²) in [5, 5.41) is 4.35. The Balaban J connectivity index is 1.63. The van der Waals surface area contributed by atoms with E-state index in [4.69, 9.17) is 9.47 Å². The van der Waals surface area contributed by atoms with Gasteiger partial charge in [-0.2, -0.15) is 0 Å². The second-order valence-electron chi connectivity index (χ2n) is 5.13. The van der Waals surface area contributed by atoms with Crippen LogP contribution >= 0.6 is 0 Å². The Morgan fingerprint density at radius 1 is 1.23 bits per heavy atom. The number of rotatable bonds is 4. The van der Waals surface area contributed by atoms with Gasteiger partial charge in [-0.15, -0.1) is 5.10 Å². The zero-order chi connectivity index (χ0) is 15.4. The van der Waals surface area contributed by atoms with Gasteiger partial charge in [0.2, 0.25) is 5.88 Å². The van der Waals surface area contributed by atoms with Crippen LogP contribution < -0.4 is 4.74 Å². The van der Waals surface area contributed by atoms with Gasteiger partial charge in [-0.05, 0) is 19.1 Å². The second kappa shape index (κ2) is 6.62. The summed E-state index contributed by atoms with van der Waals surface area (Å²) in [5.41, 5.74) is 0.949. The van der Waals surface area contributed by atoms with Gasteiger partial charge in [0, 0.05) is 25.4 Å². The Kier molecular flexibility index (Phi) is 4.39. The molecule has 2 heterocycles. The number of benzene rings is 1. The van der Waals surface area contributed by atoms with E-state index in [9.17, 15) is 4.79 Å². The average Bonchev–Trinajstić information content (AvgIpc) is 3.04. The lowest BCUT2D eigenvalue weighted by atomic mass is 10.3. The Morgan fingerprint density at radius 3 is 2.68 bits per heavy atom. The second-order valence-corrected chi connectivity index (χ2v) is 5.13. The smallest absolute Gasteiger partial charge is 0.263 e. The molecule has 1 saturated heterocycles. The lowest BCUT2D eigenvalue weighted by Gasteiger charge is -2.28. The third-order valence-corrected chi connectivity index (χ3v) is 3.55. The first kappa shape index (κ1) is 14.6. The number of morpholine rings is 1. The van der Waals surface area contributed by atoms with E-state index in [1.54, 1.807) is 22.6 Å². The molecule has 2 aromatic rings. The van der Waals surface area contributed by atoms with Gasteiger partial charge in [0.25, 0.3) is 5.91 Å². The largest absolute Gasteiger partial charge is 0.463 e. The molecule has 0 bridgehead atoms. The van der Waals surface area contributed by atoms with Crippen molar-refractivity contribution in [1.82, 2.24) is 14.7 Å². The third-order valence-electron chi connectivity index (χ3n) is 3.55. The van der Waals surface area contributed by atoms with E-state index in [2.05, 4.69) is 5.10 Å².